The van der Waals surface area contributed by atoms with Gasteiger partial charge in [-0.2, -0.15) is 0 Å². The Labute approximate surface area is 79.0 Å². The number of rotatable bonds is 2. The second kappa shape index (κ2) is 3.93. The molecule has 0 spiro atoms. The summed E-state index contributed by atoms with van der Waals surface area (Å²) in [4.78, 5) is 3.29. The summed E-state index contributed by atoms with van der Waals surface area (Å²) in [5.74, 6) is -0.535. The maximum absolute atomic E-state index is 11.6. The van der Waals surface area contributed by atoms with Gasteiger partial charge in [0.25, 0.3) is 0 Å². The highest BCUT2D eigenvalue weighted by Gasteiger charge is 2.31. The largest absolute Gasteiger partial charge is 0.573 e. The molecule has 78 valence electrons. The fraction of sp³-hybridized carbons (Fsp3) is 0.167. The van der Waals surface area contributed by atoms with Crippen LogP contribution in [0.4, 0.5) is 13.2 Å². The predicted molar refractivity (Wildman–Crippen MR) is 40.0 cm³/mol. The van der Waals surface area contributed by atoms with Gasteiger partial charge in [-0.15, -0.1) is 13.2 Å². The molecule has 0 saturated carbocycles. The summed E-state index contributed by atoms with van der Waals surface area (Å²) in [6.07, 6.45) is -4.07. The quantitative estimate of drug-likeness (QED) is 0.779. The van der Waals surface area contributed by atoms with Crippen molar-refractivity contribution in [3.63, 3.8) is 0 Å². The first-order valence-corrected chi connectivity index (χ1v) is 4.32. The van der Waals surface area contributed by atoms with Gasteiger partial charge in [0.2, 0.25) is 11.1 Å². The van der Waals surface area contributed by atoms with Crippen molar-refractivity contribution < 1.29 is 26.7 Å². The molecule has 1 rings (SSSR count). The third-order valence-corrected chi connectivity index (χ3v) is 1.72. The molecular formula is C6H4F3NO3S. The van der Waals surface area contributed by atoms with Gasteiger partial charge in [-0.05, 0) is 12.1 Å². The van der Waals surface area contributed by atoms with Crippen molar-refractivity contribution in [1.29, 1.82) is 0 Å². The zero-order chi connectivity index (χ0) is 10.8. The van der Waals surface area contributed by atoms with Crippen molar-refractivity contribution in [2.75, 3.05) is 0 Å². The minimum atomic E-state index is -4.79. The number of hydrogen-bond acceptors (Lipinski definition) is 3. The van der Waals surface area contributed by atoms with Gasteiger partial charge in [0.1, 0.15) is 5.75 Å². The molecule has 1 aromatic rings. The highest BCUT2D eigenvalue weighted by atomic mass is 32.2. The lowest BCUT2D eigenvalue weighted by molar-refractivity contribution is -0.274. The van der Waals surface area contributed by atoms with Gasteiger partial charge < -0.3 is 9.29 Å². The van der Waals surface area contributed by atoms with Crippen LogP contribution in [0, 0.1) is 0 Å². The van der Waals surface area contributed by atoms with Gasteiger partial charge >= 0.3 is 6.36 Å². The van der Waals surface area contributed by atoms with E-state index in [9.17, 15) is 17.4 Å². The molecule has 1 aromatic heterocycles. The van der Waals surface area contributed by atoms with Crippen molar-refractivity contribution in [1.82, 2.24) is 4.98 Å². The normalized spacial score (nSPS) is 13.7. The van der Waals surface area contributed by atoms with Crippen LogP contribution in [0.1, 0.15) is 0 Å². The van der Waals surface area contributed by atoms with Crippen LogP contribution in [0.5, 0.6) is 5.75 Å². The first-order chi connectivity index (χ1) is 6.38. The van der Waals surface area contributed by atoms with E-state index in [1.165, 1.54) is 0 Å². The number of nitrogens with zero attached hydrogens (tertiary/aromatic N) is 1. The Balaban J connectivity index is 2.79. The van der Waals surface area contributed by atoms with Gasteiger partial charge in [0.05, 0.1) is 6.20 Å². The van der Waals surface area contributed by atoms with Crippen LogP contribution in [0.2, 0.25) is 0 Å². The minimum absolute atomic E-state index is 0.237. The fourth-order valence-corrected chi connectivity index (χ4v) is 0.991. The number of aromatic nitrogens is 1. The minimum Gasteiger partial charge on any atom is -0.404 e. The molecule has 1 N–H and O–H groups in total. The maximum atomic E-state index is 11.6. The van der Waals surface area contributed by atoms with Gasteiger partial charge in [0.15, 0.2) is 5.03 Å². The number of ether oxygens (including phenoxy) is 1. The average molecular weight is 227 g/mol. The number of pyridine rings is 1. The van der Waals surface area contributed by atoms with E-state index in [2.05, 4.69) is 9.72 Å². The summed E-state index contributed by atoms with van der Waals surface area (Å²) in [6, 6.07) is 1.88. The van der Waals surface area contributed by atoms with E-state index >= 15 is 0 Å². The Bertz CT molecular complexity index is 337. The zero-order valence-corrected chi connectivity index (χ0v) is 7.30. The first-order valence-electron chi connectivity index (χ1n) is 3.21. The summed E-state index contributed by atoms with van der Waals surface area (Å²) in [6.45, 7) is 0. The zero-order valence-electron chi connectivity index (χ0n) is 6.49. The van der Waals surface area contributed by atoms with Gasteiger partial charge in [-0.3, -0.25) is 0 Å². The Hall–Kier alpha value is -1.15. The van der Waals surface area contributed by atoms with E-state index in [4.69, 9.17) is 4.55 Å². The first kappa shape index (κ1) is 10.9. The molecule has 0 radical (unpaired) electrons. The highest BCUT2D eigenvalue weighted by molar-refractivity contribution is 7.79. The van der Waals surface area contributed by atoms with Gasteiger partial charge in [-0.25, -0.2) is 9.19 Å². The van der Waals surface area contributed by atoms with Crippen LogP contribution in [-0.4, -0.2) is 20.1 Å². The third kappa shape index (κ3) is 3.30. The van der Waals surface area contributed by atoms with E-state index in [0.717, 1.165) is 18.3 Å². The van der Waals surface area contributed by atoms with Crippen molar-refractivity contribution >= 4 is 11.1 Å². The van der Waals surface area contributed by atoms with Crippen LogP contribution < -0.4 is 4.74 Å². The second-order valence-corrected chi connectivity index (χ2v) is 3.05. The number of hydrogen-bond donors (Lipinski definition) is 1. The molecule has 1 unspecified atom stereocenters. The number of halogens is 3. The Morgan fingerprint density at radius 3 is 2.43 bits per heavy atom. The summed E-state index contributed by atoms with van der Waals surface area (Å²) >= 11 is -2.31. The molecule has 1 heterocycles. The molecule has 0 bridgehead atoms. The topological polar surface area (TPSA) is 59.4 Å². The van der Waals surface area contributed by atoms with E-state index in [1.807, 2.05) is 0 Å². The van der Waals surface area contributed by atoms with Crippen molar-refractivity contribution in [2.24, 2.45) is 0 Å². The molecule has 8 heteroatoms. The average Bonchev–Trinajstić information content (AvgIpc) is 2.02. The molecular weight excluding hydrogens is 223 g/mol. The Kier molecular flexibility index (Phi) is 3.06. The summed E-state index contributed by atoms with van der Waals surface area (Å²) in [5, 5.41) is -0.237. The van der Waals surface area contributed by atoms with E-state index in [1.54, 1.807) is 0 Å². The molecule has 0 aliphatic carbocycles. The maximum Gasteiger partial charge on any atom is 0.573 e. The molecule has 4 nitrogen and oxygen atoms in total. The molecule has 14 heavy (non-hydrogen) atoms. The van der Waals surface area contributed by atoms with Crippen LogP contribution >= 0.6 is 0 Å². The standard InChI is InChI=1S/C6H4F3NO3S/c7-6(8,9)13-4-1-2-5(10-3-4)14(11)12/h1-3H,(H,11,12). The van der Waals surface area contributed by atoms with Gasteiger partial charge in [-0.1, -0.05) is 0 Å². The smallest absolute Gasteiger partial charge is 0.404 e. The monoisotopic (exact) mass is 227 g/mol. The third-order valence-electron chi connectivity index (χ3n) is 1.12. The molecule has 1 atom stereocenters. The lowest BCUT2D eigenvalue weighted by atomic mass is 10.5. The Morgan fingerprint density at radius 2 is 2.07 bits per heavy atom. The highest BCUT2D eigenvalue weighted by Crippen LogP contribution is 2.21. The molecule has 0 amide bonds. The molecule has 0 aliphatic rings. The fourth-order valence-electron chi connectivity index (χ4n) is 0.664. The second-order valence-electron chi connectivity index (χ2n) is 2.13. The molecule has 0 fully saturated rings. The van der Waals surface area contributed by atoms with Crippen LogP contribution in [0.15, 0.2) is 23.4 Å². The van der Waals surface area contributed by atoms with E-state index in [-0.39, 0.29) is 5.03 Å². The van der Waals surface area contributed by atoms with Crippen LogP contribution in [0.25, 0.3) is 0 Å². The molecule has 0 saturated heterocycles. The van der Waals surface area contributed by atoms with Crippen LogP contribution in [-0.2, 0) is 11.1 Å². The lowest BCUT2D eigenvalue weighted by Crippen LogP contribution is -2.17. The van der Waals surface area contributed by atoms with Crippen LogP contribution in [0.3, 0.4) is 0 Å². The predicted octanol–water partition coefficient (Wildman–Crippen LogP) is 1.56. The SMILES string of the molecule is O=S(O)c1ccc(OC(F)(F)F)cn1. The van der Waals surface area contributed by atoms with Crippen molar-refractivity contribution in [3.05, 3.63) is 18.3 Å². The van der Waals surface area contributed by atoms with Crippen molar-refractivity contribution in [3.8, 4) is 5.75 Å². The van der Waals surface area contributed by atoms with E-state index < -0.39 is 23.2 Å². The summed E-state index contributed by atoms with van der Waals surface area (Å²) < 4.78 is 57.3. The summed E-state index contributed by atoms with van der Waals surface area (Å²) in [7, 11) is 0. The molecule has 0 aliphatic heterocycles. The van der Waals surface area contributed by atoms with Gasteiger partial charge in [0, 0.05) is 0 Å². The number of alkyl halides is 3. The Morgan fingerprint density at radius 1 is 1.43 bits per heavy atom. The van der Waals surface area contributed by atoms with E-state index in [0.29, 0.717) is 0 Å². The lowest BCUT2D eigenvalue weighted by Gasteiger charge is -2.07. The van der Waals surface area contributed by atoms with Crippen molar-refractivity contribution in [2.45, 2.75) is 11.4 Å². The molecule has 0 aromatic carbocycles. The summed E-state index contributed by atoms with van der Waals surface area (Å²) in [5.41, 5.74) is 0.